The molecule has 0 spiro atoms. The second-order valence-electron chi connectivity index (χ2n) is 6.28. The fraction of sp³-hybridized carbons (Fsp3) is 0.867. The van der Waals surface area contributed by atoms with Crippen molar-refractivity contribution in [3.8, 4) is 0 Å². The number of hydrogen-bond donors (Lipinski definition) is 0. The Hall–Kier alpha value is -0.340. The molecular formula is C15H27NO. The molecule has 2 aliphatic rings. The van der Waals surface area contributed by atoms with Crippen LogP contribution in [0.15, 0.2) is 12.7 Å². The third-order valence-electron chi connectivity index (χ3n) is 4.21. The van der Waals surface area contributed by atoms with Crippen LogP contribution in [-0.4, -0.2) is 36.7 Å². The van der Waals surface area contributed by atoms with Crippen molar-refractivity contribution in [1.82, 2.24) is 4.90 Å². The van der Waals surface area contributed by atoms with Crippen molar-refractivity contribution in [3.05, 3.63) is 12.7 Å². The highest BCUT2D eigenvalue weighted by Gasteiger charge is 2.47. The molecule has 2 rings (SSSR count). The molecule has 0 aromatic carbocycles. The number of nitrogens with zero attached hydrogens (tertiary/aromatic N) is 1. The molecule has 2 atom stereocenters. The molecule has 2 heterocycles. The summed E-state index contributed by atoms with van der Waals surface area (Å²) in [7, 11) is 0. The van der Waals surface area contributed by atoms with E-state index in [0.717, 1.165) is 19.1 Å². The monoisotopic (exact) mass is 237 g/mol. The molecule has 0 aromatic rings. The Morgan fingerprint density at radius 2 is 2.35 bits per heavy atom. The minimum absolute atomic E-state index is 0.378. The molecule has 2 nitrogen and oxygen atoms in total. The van der Waals surface area contributed by atoms with Gasteiger partial charge in [-0.15, -0.1) is 6.58 Å². The van der Waals surface area contributed by atoms with Crippen molar-refractivity contribution >= 4 is 0 Å². The molecule has 0 amide bonds. The molecule has 2 heteroatoms. The Morgan fingerprint density at radius 3 is 3.06 bits per heavy atom. The predicted octanol–water partition coefficient (Wildman–Crippen LogP) is 3.09. The summed E-state index contributed by atoms with van der Waals surface area (Å²) in [5.41, 5.74) is 0.378. The standard InChI is InChI=1S/C15H27NO/c1-4-6-14-9-15(12-17-11-13(2)3)7-5-8-16(15)10-14/h4,13-14H,1,5-12H2,2-3H3. The van der Waals surface area contributed by atoms with E-state index in [0.29, 0.717) is 11.5 Å². The average Bonchev–Trinajstić information content (AvgIpc) is 2.74. The molecule has 0 aliphatic carbocycles. The van der Waals surface area contributed by atoms with Crippen molar-refractivity contribution < 1.29 is 4.74 Å². The lowest BCUT2D eigenvalue weighted by molar-refractivity contribution is 0.0236. The van der Waals surface area contributed by atoms with E-state index in [4.69, 9.17) is 4.74 Å². The van der Waals surface area contributed by atoms with Crippen molar-refractivity contribution in [1.29, 1.82) is 0 Å². The third kappa shape index (κ3) is 2.92. The molecular weight excluding hydrogens is 210 g/mol. The van der Waals surface area contributed by atoms with Gasteiger partial charge in [0.05, 0.1) is 6.61 Å². The van der Waals surface area contributed by atoms with Crippen LogP contribution in [0.2, 0.25) is 0 Å². The molecule has 0 N–H and O–H groups in total. The summed E-state index contributed by atoms with van der Waals surface area (Å²) < 4.78 is 5.94. The second-order valence-corrected chi connectivity index (χ2v) is 6.28. The largest absolute Gasteiger partial charge is 0.379 e. The topological polar surface area (TPSA) is 12.5 Å². The van der Waals surface area contributed by atoms with Gasteiger partial charge in [0, 0.05) is 18.7 Å². The first kappa shape index (κ1) is 13.1. The van der Waals surface area contributed by atoms with E-state index >= 15 is 0 Å². The van der Waals surface area contributed by atoms with Crippen molar-refractivity contribution in [2.75, 3.05) is 26.3 Å². The van der Waals surface area contributed by atoms with Crippen molar-refractivity contribution in [2.24, 2.45) is 11.8 Å². The zero-order valence-corrected chi connectivity index (χ0v) is 11.5. The number of ether oxygens (including phenoxy) is 1. The molecule has 2 unspecified atom stereocenters. The lowest BCUT2D eigenvalue weighted by Gasteiger charge is -2.32. The molecule has 2 saturated heterocycles. The first-order valence-corrected chi connectivity index (χ1v) is 7.10. The molecule has 0 saturated carbocycles. The zero-order valence-electron chi connectivity index (χ0n) is 11.5. The summed E-state index contributed by atoms with van der Waals surface area (Å²) in [6.07, 6.45) is 7.25. The van der Waals surface area contributed by atoms with Crippen LogP contribution in [0.5, 0.6) is 0 Å². The van der Waals surface area contributed by atoms with E-state index in [1.807, 2.05) is 0 Å². The number of rotatable bonds is 6. The van der Waals surface area contributed by atoms with Crippen LogP contribution >= 0.6 is 0 Å². The summed E-state index contributed by atoms with van der Waals surface area (Å²) in [6.45, 7) is 12.7. The molecule has 0 radical (unpaired) electrons. The van der Waals surface area contributed by atoms with Crippen LogP contribution in [0.25, 0.3) is 0 Å². The lowest BCUT2D eigenvalue weighted by atomic mass is 9.89. The van der Waals surface area contributed by atoms with Gasteiger partial charge >= 0.3 is 0 Å². The van der Waals surface area contributed by atoms with E-state index in [1.54, 1.807) is 0 Å². The molecule has 2 aliphatic heterocycles. The minimum Gasteiger partial charge on any atom is -0.379 e. The Balaban J connectivity index is 1.89. The van der Waals surface area contributed by atoms with E-state index in [1.165, 1.54) is 38.8 Å². The van der Waals surface area contributed by atoms with E-state index in [9.17, 15) is 0 Å². The summed E-state index contributed by atoms with van der Waals surface area (Å²) in [5.74, 6) is 1.46. The normalized spacial score (nSPS) is 33.2. The van der Waals surface area contributed by atoms with Gasteiger partial charge in [-0.25, -0.2) is 0 Å². The zero-order chi connectivity index (χ0) is 12.3. The van der Waals surface area contributed by atoms with Gasteiger partial charge in [-0.05, 0) is 44.1 Å². The molecule has 0 aromatic heterocycles. The first-order valence-electron chi connectivity index (χ1n) is 7.10. The predicted molar refractivity (Wildman–Crippen MR) is 72.1 cm³/mol. The number of allylic oxidation sites excluding steroid dienone is 1. The average molecular weight is 237 g/mol. The highest BCUT2D eigenvalue weighted by molar-refractivity contribution is 5.04. The van der Waals surface area contributed by atoms with Gasteiger partial charge < -0.3 is 4.74 Å². The van der Waals surface area contributed by atoms with Crippen LogP contribution in [-0.2, 0) is 4.74 Å². The molecule has 0 bridgehead atoms. The maximum absolute atomic E-state index is 5.94. The SMILES string of the molecule is C=CCC1CN2CCCC2(COCC(C)C)C1. The van der Waals surface area contributed by atoms with Gasteiger partial charge in [0.25, 0.3) is 0 Å². The maximum Gasteiger partial charge on any atom is 0.0650 e. The lowest BCUT2D eigenvalue weighted by Crippen LogP contribution is -2.42. The molecule has 98 valence electrons. The smallest absolute Gasteiger partial charge is 0.0650 e. The second kappa shape index (κ2) is 5.53. The maximum atomic E-state index is 5.94. The highest BCUT2D eigenvalue weighted by atomic mass is 16.5. The highest BCUT2D eigenvalue weighted by Crippen LogP contribution is 2.42. The van der Waals surface area contributed by atoms with Gasteiger partial charge in [-0.2, -0.15) is 0 Å². The van der Waals surface area contributed by atoms with Gasteiger partial charge in [0.1, 0.15) is 0 Å². The number of fused-ring (bicyclic) bond motifs is 1. The Kier molecular flexibility index (Phi) is 4.26. The van der Waals surface area contributed by atoms with Crippen LogP contribution in [0, 0.1) is 11.8 Å². The first-order chi connectivity index (χ1) is 8.16. The van der Waals surface area contributed by atoms with E-state index < -0.39 is 0 Å². The molecule has 17 heavy (non-hydrogen) atoms. The van der Waals surface area contributed by atoms with Gasteiger partial charge in [-0.1, -0.05) is 19.9 Å². The van der Waals surface area contributed by atoms with Crippen LogP contribution in [0.3, 0.4) is 0 Å². The van der Waals surface area contributed by atoms with E-state index in [2.05, 4.69) is 31.4 Å². The van der Waals surface area contributed by atoms with Crippen LogP contribution < -0.4 is 0 Å². The van der Waals surface area contributed by atoms with Crippen LogP contribution in [0.1, 0.15) is 39.5 Å². The summed E-state index contributed by atoms with van der Waals surface area (Å²) in [5, 5.41) is 0. The fourth-order valence-electron chi connectivity index (χ4n) is 3.52. The summed E-state index contributed by atoms with van der Waals surface area (Å²) in [4.78, 5) is 2.68. The fourth-order valence-corrected chi connectivity index (χ4v) is 3.52. The summed E-state index contributed by atoms with van der Waals surface area (Å²) in [6, 6.07) is 0. The van der Waals surface area contributed by atoms with Gasteiger partial charge in [-0.3, -0.25) is 4.90 Å². The van der Waals surface area contributed by atoms with Crippen molar-refractivity contribution in [2.45, 2.75) is 45.1 Å². The van der Waals surface area contributed by atoms with Crippen LogP contribution in [0.4, 0.5) is 0 Å². The quantitative estimate of drug-likeness (QED) is 0.658. The number of hydrogen-bond acceptors (Lipinski definition) is 2. The minimum atomic E-state index is 0.378. The van der Waals surface area contributed by atoms with Gasteiger partial charge in [0.15, 0.2) is 0 Å². The Labute approximate surface area is 106 Å². The summed E-state index contributed by atoms with van der Waals surface area (Å²) >= 11 is 0. The van der Waals surface area contributed by atoms with Crippen molar-refractivity contribution in [3.63, 3.8) is 0 Å². The van der Waals surface area contributed by atoms with Gasteiger partial charge in [0.2, 0.25) is 0 Å². The molecule has 2 fully saturated rings. The Bertz CT molecular complexity index is 264. The van der Waals surface area contributed by atoms with E-state index in [-0.39, 0.29) is 0 Å². The third-order valence-corrected chi connectivity index (χ3v) is 4.21. The Morgan fingerprint density at radius 1 is 1.53 bits per heavy atom.